The van der Waals surface area contributed by atoms with Gasteiger partial charge in [-0.3, -0.25) is 4.90 Å². The van der Waals surface area contributed by atoms with Crippen LogP contribution in [0.1, 0.15) is 17.1 Å². The molecule has 1 fully saturated rings. The lowest BCUT2D eigenvalue weighted by Crippen LogP contribution is -2.46. The van der Waals surface area contributed by atoms with Gasteiger partial charge < -0.3 is 9.42 Å². The highest BCUT2D eigenvalue weighted by Gasteiger charge is 2.23. The number of anilines is 1. The molecular weight excluding hydrogens is 376 g/mol. The van der Waals surface area contributed by atoms with E-state index in [0.29, 0.717) is 10.7 Å². The minimum Gasteiger partial charge on any atom is -0.360 e. The fraction of sp³-hybridized carbons (Fsp3) is 0.350. The first kappa shape index (κ1) is 17.5. The van der Waals surface area contributed by atoms with E-state index in [0.717, 1.165) is 66.6 Å². The van der Waals surface area contributed by atoms with Gasteiger partial charge in [-0.25, -0.2) is 9.50 Å². The largest absolute Gasteiger partial charge is 0.360 e. The zero-order valence-corrected chi connectivity index (χ0v) is 16.6. The smallest absolute Gasteiger partial charge is 0.176 e. The number of rotatable bonds is 3. The van der Waals surface area contributed by atoms with E-state index in [9.17, 15) is 0 Å². The molecule has 1 aliphatic rings. The minimum absolute atomic E-state index is 0.617. The number of hydrogen-bond acceptors (Lipinski definition) is 6. The molecule has 4 aromatic rings. The second-order valence-corrected chi connectivity index (χ2v) is 7.66. The summed E-state index contributed by atoms with van der Waals surface area (Å²) in [5.74, 6) is 1.89. The number of benzene rings is 1. The highest BCUT2D eigenvalue weighted by molar-refractivity contribution is 6.34. The fourth-order valence-electron chi connectivity index (χ4n) is 3.84. The number of nitrogens with zero attached hydrogens (tertiary/aromatic N) is 6. The molecule has 0 spiro atoms. The van der Waals surface area contributed by atoms with Gasteiger partial charge >= 0.3 is 0 Å². The molecule has 0 N–H and O–H groups in total. The van der Waals surface area contributed by atoms with Crippen LogP contribution in [-0.2, 0) is 6.54 Å². The van der Waals surface area contributed by atoms with Crippen molar-refractivity contribution in [3.05, 3.63) is 52.5 Å². The second-order valence-electron chi connectivity index (χ2n) is 7.29. The Kier molecular flexibility index (Phi) is 4.21. The van der Waals surface area contributed by atoms with E-state index in [-0.39, 0.29) is 0 Å². The summed E-state index contributed by atoms with van der Waals surface area (Å²) in [5.41, 5.74) is 3.46. The normalized spacial score (nSPS) is 15.8. The molecule has 3 aromatic heterocycles. The van der Waals surface area contributed by atoms with Crippen LogP contribution in [0.2, 0.25) is 5.02 Å². The van der Waals surface area contributed by atoms with E-state index >= 15 is 0 Å². The maximum atomic E-state index is 6.48. The van der Waals surface area contributed by atoms with Crippen molar-refractivity contribution < 1.29 is 4.52 Å². The van der Waals surface area contributed by atoms with Gasteiger partial charge in [-0.2, -0.15) is 5.10 Å². The Balaban J connectivity index is 1.45. The zero-order chi connectivity index (χ0) is 19.3. The zero-order valence-electron chi connectivity index (χ0n) is 15.9. The first-order valence-electron chi connectivity index (χ1n) is 9.43. The Morgan fingerprint density at radius 2 is 1.89 bits per heavy atom. The predicted molar refractivity (Wildman–Crippen MR) is 109 cm³/mol. The van der Waals surface area contributed by atoms with Gasteiger partial charge in [0.15, 0.2) is 11.4 Å². The summed E-state index contributed by atoms with van der Waals surface area (Å²) in [6.45, 7) is 8.31. The van der Waals surface area contributed by atoms with Crippen molar-refractivity contribution >= 4 is 34.0 Å². The maximum Gasteiger partial charge on any atom is 0.176 e. The number of halogens is 1. The summed E-state index contributed by atoms with van der Waals surface area (Å²) in [6, 6.07) is 10.2. The molecule has 0 radical (unpaired) electrons. The van der Waals surface area contributed by atoms with Crippen molar-refractivity contribution in [1.29, 1.82) is 0 Å². The van der Waals surface area contributed by atoms with Crippen LogP contribution in [0, 0.1) is 13.8 Å². The van der Waals surface area contributed by atoms with Crippen molar-refractivity contribution in [3.63, 3.8) is 0 Å². The van der Waals surface area contributed by atoms with Crippen molar-refractivity contribution in [2.24, 2.45) is 0 Å². The summed E-state index contributed by atoms with van der Waals surface area (Å²) in [6.07, 6.45) is 0. The number of aromatic nitrogens is 4. The third kappa shape index (κ3) is 2.91. The lowest BCUT2D eigenvalue weighted by molar-refractivity contribution is 0.219. The monoisotopic (exact) mass is 396 g/mol. The highest BCUT2D eigenvalue weighted by Crippen LogP contribution is 2.30. The number of aryl methyl sites for hydroxylation is 2. The van der Waals surface area contributed by atoms with Crippen molar-refractivity contribution in [2.75, 3.05) is 31.1 Å². The van der Waals surface area contributed by atoms with Gasteiger partial charge in [0, 0.05) is 37.6 Å². The molecule has 0 atom stereocenters. The molecule has 1 saturated heterocycles. The van der Waals surface area contributed by atoms with Gasteiger partial charge in [0.1, 0.15) is 10.8 Å². The molecule has 0 amide bonds. The van der Waals surface area contributed by atoms with Crippen molar-refractivity contribution in [1.82, 2.24) is 24.7 Å². The summed E-state index contributed by atoms with van der Waals surface area (Å²) < 4.78 is 7.20. The van der Waals surface area contributed by atoms with E-state index < -0.39 is 0 Å². The second kappa shape index (κ2) is 6.76. The molecule has 1 aromatic carbocycles. The van der Waals surface area contributed by atoms with Crippen LogP contribution in [-0.4, -0.2) is 50.8 Å². The lowest BCUT2D eigenvalue weighted by Gasteiger charge is -2.35. The van der Waals surface area contributed by atoms with E-state index in [1.807, 2.05) is 36.6 Å². The molecule has 5 rings (SSSR count). The Morgan fingerprint density at radius 3 is 2.64 bits per heavy atom. The first-order valence-corrected chi connectivity index (χ1v) is 9.81. The van der Waals surface area contributed by atoms with E-state index in [1.54, 1.807) is 0 Å². The molecule has 8 heteroatoms. The third-order valence-electron chi connectivity index (χ3n) is 5.28. The predicted octanol–water partition coefficient (Wildman–Crippen LogP) is 3.46. The van der Waals surface area contributed by atoms with Crippen molar-refractivity contribution in [2.45, 2.75) is 20.4 Å². The minimum atomic E-state index is 0.617. The van der Waals surface area contributed by atoms with Gasteiger partial charge in [-0.05, 0) is 26.0 Å². The van der Waals surface area contributed by atoms with Gasteiger partial charge in [0.05, 0.1) is 23.4 Å². The maximum absolute atomic E-state index is 6.48. The molecule has 4 heterocycles. The number of piperazine rings is 1. The van der Waals surface area contributed by atoms with Crippen LogP contribution in [0.4, 0.5) is 5.82 Å². The van der Waals surface area contributed by atoms with Crippen LogP contribution < -0.4 is 4.90 Å². The molecule has 1 aliphatic heterocycles. The van der Waals surface area contributed by atoms with E-state index in [2.05, 4.69) is 32.2 Å². The standard InChI is InChI=1S/C20H21ClN6O/c1-13-11-15(28-24-13)12-25-7-9-26(10-8-25)19-16-5-3-4-6-17(16)27-20(22-19)18(21)14(2)23-27/h3-6,11H,7-10,12H2,1-2H3. The Bertz CT molecular complexity index is 1160. The fourth-order valence-corrected chi connectivity index (χ4v) is 4.00. The average molecular weight is 397 g/mol. The Morgan fingerprint density at radius 1 is 1.11 bits per heavy atom. The van der Waals surface area contributed by atoms with E-state index in [4.69, 9.17) is 21.1 Å². The summed E-state index contributed by atoms with van der Waals surface area (Å²) >= 11 is 6.48. The van der Waals surface area contributed by atoms with Gasteiger partial charge in [0.25, 0.3) is 0 Å². The van der Waals surface area contributed by atoms with Crippen molar-refractivity contribution in [3.8, 4) is 0 Å². The number of para-hydroxylation sites is 1. The molecule has 0 saturated carbocycles. The third-order valence-corrected chi connectivity index (χ3v) is 5.72. The van der Waals surface area contributed by atoms with Crippen LogP contribution in [0.3, 0.4) is 0 Å². The molecule has 0 bridgehead atoms. The molecule has 7 nitrogen and oxygen atoms in total. The molecule has 0 unspecified atom stereocenters. The quantitative estimate of drug-likeness (QED) is 0.528. The van der Waals surface area contributed by atoms with Crippen LogP contribution in [0.25, 0.3) is 16.6 Å². The number of fused-ring (bicyclic) bond motifs is 3. The van der Waals surface area contributed by atoms with Gasteiger partial charge in [-0.15, -0.1) is 0 Å². The lowest BCUT2D eigenvalue weighted by atomic mass is 10.2. The topological polar surface area (TPSA) is 62.7 Å². The number of hydrogen-bond donors (Lipinski definition) is 0. The molecule has 28 heavy (non-hydrogen) atoms. The molecule has 0 aliphatic carbocycles. The van der Waals surface area contributed by atoms with Gasteiger partial charge in [0.2, 0.25) is 0 Å². The van der Waals surface area contributed by atoms with E-state index in [1.165, 1.54) is 0 Å². The Labute approximate surface area is 167 Å². The summed E-state index contributed by atoms with van der Waals surface area (Å²) in [7, 11) is 0. The first-order chi connectivity index (χ1) is 13.6. The van der Waals surface area contributed by atoms with Crippen LogP contribution in [0.15, 0.2) is 34.9 Å². The molecule has 144 valence electrons. The molecular formula is C20H21ClN6O. The van der Waals surface area contributed by atoms with Crippen LogP contribution >= 0.6 is 11.6 Å². The van der Waals surface area contributed by atoms with Crippen LogP contribution in [0.5, 0.6) is 0 Å². The SMILES string of the molecule is Cc1cc(CN2CCN(c3nc4c(Cl)c(C)nn4c4ccccc34)CC2)on1. The Hall–Kier alpha value is -2.64. The highest BCUT2D eigenvalue weighted by atomic mass is 35.5. The summed E-state index contributed by atoms with van der Waals surface area (Å²) in [4.78, 5) is 9.63. The summed E-state index contributed by atoms with van der Waals surface area (Å²) in [5, 5.41) is 10.3. The average Bonchev–Trinajstić information content (AvgIpc) is 3.25. The van der Waals surface area contributed by atoms with Gasteiger partial charge in [-0.1, -0.05) is 28.9 Å².